The van der Waals surface area contributed by atoms with Crippen molar-refractivity contribution in [3.05, 3.63) is 30.1 Å². The molecule has 1 atom stereocenters. The van der Waals surface area contributed by atoms with Crippen LogP contribution < -0.4 is 0 Å². The molecule has 0 radical (unpaired) electrons. The Morgan fingerprint density at radius 2 is 2.29 bits per heavy atom. The van der Waals surface area contributed by atoms with Gasteiger partial charge < -0.3 is 14.4 Å². The minimum absolute atomic E-state index is 0.0770. The number of fused-ring (bicyclic) bond motifs is 1. The lowest BCUT2D eigenvalue weighted by Crippen LogP contribution is -2.22. The molecule has 0 saturated carbocycles. The molecule has 1 unspecified atom stereocenters. The number of para-hydroxylation sites is 2. The van der Waals surface area contributed by atoms with E-state index in [1.807, 2.05) is 24.3 Å². The summed E-state index contributed by atoms with van der Waals surface area (Å²) in [6.07, 6.45) is -0.799. The molecular weight excluding hydrogens is 270 g/mol. The van der Waals surface area contributed by atoms with Gasteiger partial charge in [-0.25, -0.2) is 4.98 Å². The molecule has 0 saturated heterocycles. The fourth-order valence-corrected chi connectivity index (χ4v) is 2.22. The third-order valence-electron chi connectivity index (χ3n) is 3.07. The van der Waals surface area contributed by atoms with Gasteiger partial charge >= 0.3 is 5.97 Å². The summed E-state index contributed by atoms with van der Waals surface area (Å²) in [7, 11) is 0. The van der Waals surface area contributed by atoms with Gasteiger partial charge in [-0.2, -0.15) is 5.26 Å². The van der Waals surface area contributed by atoms with E-state index >= 15 is 0 Å². The number of aliphatic hydroxyl groups excluding tert-OH is 1. The highest BCUT2D eigenvalue weighted by Gasteiger charge is 2.16. The number of rotatable bonds is 6. The van der Waals surface area contributed by atoms with Crippen molar-refractivity contribution in [1.29, 1.82) is 5.26 Å². The van der Waals surface area contributed by atoms with E-state index in [-0.39, 0.29) is 19.4 Å². The number of nitrogens with zero attached hydrogens (tertiary/aromatic N) is 3. The summed E-state index contributed by atoms with van der Waals surface area (Å²) in [5.41, 5.74) is 1.61. The predicted molar refractivity (Wildman–Crippen MR) is 76.3 cm³/mol. The summed E-state index contributed by atoms with van der Waals surface area (Å²) in [6.45, 7) is 2.22. The minimum atomic E-state index is -0.876. The summed E-state index contributed by atoms with van der Waals surface area (Å²) in [5, 5.41) is 18.9. The van der Waals surface area contributed by atoms with E-state index in [0.29, 0.717) is 12.4 Å². The Hall–Kier alpha value is -2.39. The van der Waals surface area contributed by atoms with E-state index in [1.165, 1.54) is 0 Å². The molecule has 0 aliphatic carbocycles. The maximum Gasteiger partial charge on any atom is 0.308 e. The van der Waals surface area contributed by atoms with Crippen LogP contribution in [0.4, 0.5) is 0 Å². The number of imidazole rings is 1. The fourth-order valence-electron chi connectivity index (χ4n) is 2.22. The van der Waals surface area contributed by atoms with Crippen molar-refractivity contribution in [1.82, 2.24) is 9.55 Å². The number of esters is 1. The standard InChI is InChI=1S/C15H17N3O3/c1-2-21-15(20)9-11(19)10-18-13-6-4-3-5-12(13)17-14(18)7-8-16/h3-6,11,19H,2,7,9-10H2,1H3. The number of benzene rings is 1. The molecule has 6 nitrogen and oxygen atoms in total. The van der Waals surface area contributed by atoms with Gasteiger partial charge in [-0.1, -0.05) is 12.1 Å². The van der Waals surface area contributed by atoms with Crippen LogP contribution in [0.3, 0.4) is 0 Å². The van der Waals surface area contributed by atoms with E-state index in [0.717, 1.165) is 11.0 Å². The number of nitriles is 1. The Kier molecular flexibility index (Phi) is 4.90. The largest absolute Gasteiger partial charge is 0.466 e. The highest BCUT2D eigenvalue weighted by atomic mass is 16.5. The molecule has 1 N–H and O–H groups in total. The number of carbonyl (C=O) groups is 1. The molecule has 0 aliphatic heterocycles. The van der Waals surface area contributed by atoms with Crippen LogP contribution in [0.1, 0.15) is 19.2 Å². The number of aliphatic hydroxyl groups is 1. The van der Waals surface area contributed by atoms with Gasteiger partial charge in [-0.15, -0.1) is 0 Å². The molecule has 0 fully saturated rings. The molecule has 2 rings (SSSR count). The Labute approximate surface area is 122 Å². The zero-order valence-corrected chi connectivity index (χ0v) is 11.8. The predicted octanol–water partition coefficient (Wildman–Crippen LogP) is 1.42. The van der Waals surface area contributed by atoms with Crippen LogP contribution in [0.2, 0.25) is 0 Å². The molecule has 2 aromatic rings. The maximum absolute atomic E-state index is 11.4. The molecule has 0 aliphatic rings. The molecule has 0 amide bonds. The Bertz CT molecular complexity index is 672. The molecule has 0 spiro atoms. The molecule has 1 heterocycles. The Morgan fingerprint density at radius 1 is 1.52 bits per heavy atom. The van der Waals surface area contributed by atoms with Crippen LogP contribution in [0.15, 0.2) is 24.3 Å². The van der Waals surface area contributed by atoms with Crippen molar-refractivity contribution in [3.8, 4) is 6.07 Å². The van der Waals surface area contributed by atoms with Crippen molar-refractivity contribution in [2.24, 2.45) is 0 Å². The van der Waals surface area contributed by atoms with Crippen molar-refractivity contribution >= 4 is 17.0 Å². The van der Waals surface area contributed by atoms with Crippen molar-refractivity contribution in [3.63, 3.8) is 0 Å². The monoisotopic (exact) mass is 287 g/mol. The summed E-state index contributed by atoms with van der Waals surface area (Å²) in [6, 6.07) is 9.53. The van der Waals surface area contributed by atoms with Gasteiger partial charge in [0, 0.05) is 0 Å². The van der Waals surface area contributed by atoms with Gasteiger partial charge in [-0.05, 0) is 19.1 Å². The molecule has 6 heteroatoms. The van der Waals surface area contributed by atoms with Crippen molar-refractivity contribution < 1.29 is 14.6 Å². The Morgan fingerprint density at radius 3 is 3.00 bits per heavy atom. The van der Waals surface area contributed by atoms with E-state index in [2.05, 4.69) is 11.1 Å². The van der Waals surface area contributed by atoms with E-state index in [1.54, 1.807) is 11.5 Å². The summed E-state index contributed by atoms with van der Waals surface area (Å²) >= 11 is 0. The lowest BCUT2D eigenvalue weighted by atomic mass is 10.2. The van der Waals surface area contributed by atoms with E-state index in [9.17, 15) is 9.90 Å². The third kappa shape index (κ3) is 3.58. The number of hydrogen-bond donors (Lipinski definition) is 1. The van der Waals surface area contributed by atoms with Gasteiger partial charge in [0.05, 0.1) is 49.2 Å². The Balaban J connectivity index is 2.22. The zero-order chi connectivity index (χ0) is 15.2. The topological polar surface area (TPSA) is 88.1 Å². The first-order chi connectivity index (χ1) is 10.2. The molecule has 21 heavy (non-hydrogen) atoms. The average Bonchev–Trinajstić information content (AvgIpc) is 2.77. The summed E-state index contributed by atoms with van der Waals surface area (Å²) < 4.78 is 6.60. The van der Waals surface area contributed by atoms with Crippen LogP contribution in [-0.4, -0.2) is 33.3 Å². The maximum atomic E-state index is 11.4. The highest BCUT2D eigenvalue weighted by molar-refractivity contribution is 5.76. The fraction of sp³-hybridized carbons (Fsp3) is 0.400. The number of carbonyl (C=O) groups excluding carboxylic acids is 1. The van der Waals surface area contributed by atoms with E-state index < -0.39 is 12.1 Å². The van der Waals surface area contributed by atoms with Gasteiger partial charge in [0.1, 0.15) is 5.82 Å². The van der Waals surface area contributed by atoms with E-state index in [4.69, 9.17) is 10.00 Å². The van der Waals surface area contributed by atoms with Crippen LogP contribution in [0, 0.1) is 11.3 Å². The second-order valence-corrected chi connectivity index (χ2v) is 4.63. The molecular formula is C15H17N3O3. The first-order valence-electron chi connectivity index (χ1n) is 6.80. The molecule has 1 aromatic heterocycles. The van der Waals surface area contributed by atoms with Crippen LogP contribution in [0.25, 0.3) is 11.0 Å². The van der Waals surface area contributed by atoms with Crippen LogP contribution in [0.5, 0.6) is 0 Å². The van der Waals surface area contributed by atoms with Crippen molar-refractivity contribution in [2.75, 3.05) is 6.61 Å². The first kappa shape index (κ1) is 15.0. The van der Waals surface area contributed by atoms with Gasteiger partial charge in [0.15, 0.2) is 0 Å². The number of ether oxygens (including phenoxy) is 1. The van der Waals surface area contributed by atoms with Gasteiger partial charge in [0.2, 0.25) is 0 Å². The smallest absolute Gasteiger partial charge is 0.308 e. The summed E-state index contributed by atoms with van der Waals surface area (Å²) in [5.74, 6) is 0.151. The highest BCUT2D eigenvalue weighted by Crippen LogP contribution is 2.17. The molecule has 0 bridgehead atoms. The second-order valence-electron chi connectivity index (χ2n) is 4.63. The third-order valence-corrected chi connectivity index (χ3v) is 3.07. The second kappa shape index (κ2) is 6.86. The zero-order valence-electron chi connectivity index (χ0n) is 11.8. The lowest BCUT2D eigenvalue weighted by Gasteiger charge is -2.13. The number of aromatic nitrogens is 2. The molecule has 1 aromatic carbocycles. The normalized spacial score (nSPS) is 12.0. The molecule has 110 valence electrons. The SMILES string of the molecule is CCOC(=O)CC(O)Cn1c(CC#N)nc2ccccc21. The lowest BCUT2D eigenvalue weighted by molar-refractivity contribution is -0.145. The van der Waals surface area contributed by atoms with Crippen molar-refractivity contribution in [2.45, 2.75) is 32.4 Å². The van der Waals surface area contributed by atoms with Gasteiger partial charge in [0.25, 0.3) is 0 Å². The summed E-state index contributed by atoms with van der Waals surface area (Å²) in [4.78, 5) is 15.8. The quantitative estimate of drug-likeness (QED) is 0.812. The minimum Gasteiger partial charge on any atom is -0.466 e. The van der Waals surface area contributed by atoms with Crippen LogP contribution in [-0.2, 0) is 22.5 Å². The van der Waals surface area contributed by atoms with Gasteiger partial charge in [-0.3, -0.25) is 4.79 Å². The van der Waals surface area contributed by atoms with Crippen LogP contribution >= 0.6 is 0 Å². The average molecular weight is 287 g/mol. The number of hydrogen-bond acceptors (Lipinski definition) is 5. The first-order valence-corrected chi connectivity index (χ1v) is 6.80.